The van der Waals surface area contributed by atoms with Gasteiger partial charge in [0, 0.05) is 5.69 Å². The molecule has 184 valence electrons. The van der Waals surface area contributed by atoms with Crippen LogP contribution in [0.25, 0.3) is 0 Å². The molecular weight excluding hydrogens is 479 g/mol. The first-order valence-electron chi connectivity index (χ1n) is 11.1. The molecule has 1 aliphatic carbocycles. The maximum atomic E-state index is 13.8. The zero-order chi connectivity index (χ0) is 25.3. The molecule has 0 saturated heterocycles. The largest absolute Gasteiger partial charge is 0.425 e. The highest BCUT2D eigenvalue weighted by Crippen LogP contribution is 2.44. The van der Waals surface area contributed by atoms with E-state index in [0.29, 0.717) is 5.56 Å². The van der Waals surface area contributed by atoms with E-state index in [-0.39, 0.29) is 39.8 Å². The van der Waals surface area contributed by atoms with Crippen LogP contribution in [0.5, 0.6) is 0 Å². The highest BCUT2D eigenvalue weighted by atomic mass is 32.2. The second kappa shape index (κ2) is 9.47. The van der Waals surface area contributed by atoms with Gasteiger partial charge >= 0.3 is 6.18 Å². The normalized spacial score (nSPS) is 15.9. The van der Waals surface area contributed by atoms with Crippen molar-refractivity contribution >= 4 is 21.4 Å². The number of benzene rings is 3. The van der Waals surface area contributed by atoms with Crippen molar-refractivity contribution in [2.24, 2.45) is 5.92 Å². The lowest BCUT2D eigenvalue weighted by molar-refractivity contribution is -0.248. The Kier molecular flexibility index (Phi) is 6.75. The number of sulfone groups is 1. The van der Waals surface area contributed by atoms with Gasteiger partial charge in [-0.3, -0.25) is 4.79 Å². The quantitative estimate of drug-likeness (QED) is 0.460. The molecule has 1 amide bonds. The van der Waals surface area contributed by atoms with E-state index in [0.717, 1.165) is 25.0 Å². The van der Waals surface area contributed by atoms with Gasteiger partial charge in [0.25, 0.3) is 0 Å². The number of nitrogens with one attached hydrogen (secondary N) is 1. The molecule has 3 aromatic rings. The first kappa shape index (κ1) is 24.9. The van der Waals surface area contributed by atoms with Crippen LogP contribution < -0.4 is 5.32 Å². The monoisotopic (exact) mass is 503 g/mol. The van der Waals surface area contributed by atoms with E-state index in [1.54, 1.807) is 18.2 Å². The van der Waals surface area contributed by atoms with Crippen LogP contribution in [0.3, 0.4) is 0 Å². The van der Waals surface area contributed by atoms with Crippen molar-refractivity contribution in [1.29, 1.82) is 0 Å². The third-order valence-electron chi connectivity index (χ3n) is 5.99. The Morgan fingerprint density at radius 2 is 1.46 bits per heavy atom. The Balaban J connectivity index is 1.43. The highest BCUT2D eigenvalue weighted by molar-refractivity contribution is 7.91. The van der Waals surface area contributed by atoms with Gasteiger partial charge in [-0.1, -0.05) is 54.6 Å². The van der Waals surface area contributed by atoms with Gasteiger partial charge in [0.05, 0.1) is 17.1 Å². The number of hydrogen-bond donors (Lipinski definition) is 2. The number of halogens is 3. The number of rotatable bonds is 8. The number of carbonyl (C=O) groups is 1. The van der Waals surface area contributed by atoms with Crippen molar-refractivity contribution in [3.05, 3.63) is 95.6 Å². The lowest BCUT2D eigenvalue weighted by Crippen LogP contribution is -2.43. The average Bonchev–Trinajstić information content (AvgIpc) is 3.62. The minimum Gasteiger partial charge on any atom is -0.372 e. The van der Waals surface area contributed by atoms with E-state index >= 15 is 0 Å². The Bertz CT molecular complexity index is 1290. The van der Waals surface area contributed by atoms with E-state index in [2.05, 4.69) is 5.32 Å². The van der Waals surface area contributed by atoms with E-state index < -0.39 is 27.5 Å². The van der Waals surface area contributed by atoms with Crippen molar-refractivity contribution in [2.75, 3.05) is 11.1 Å². The summed E-state index contributed by atoms with van der Waals surface area (Å²) in [6.45, 7) is 0. The molecule has 4 rings (SSSR count). The summed E-state index contributed by atoms with van der Waals surface area (Å²) in [5.74, 6) is -0.0477. The van der Waals surface area contributed by atoms with Gasteiger partial charge in [0.2, 0.25) is 11.5 Å². The van der Waals surface area contributed by atoms with Gasteiger partial charge in [-0.15, -0.1) is 0 Å². The van der Waals surface area contributed by atoms with Crippen molar-refractivity contribution in [2.45, 2.75) is 35.9 Å². The van der Waals surface area contributed by atoms with Crippen molar-refractivity contribution in [3.63, 3.8) is 0 Å². The average molecular weight is 504 g/mol. The van der Waals surface area contributed by atoms with Crippen LogP contribution in [0.4, 0.5) is 18.9 Å². The number of anilines is 1. The molecule has 1 aliphatic rings. The van der Waals surface area contributed by atoms with E-state index in [1.807, 2.05) is 0 Å². The standard InChI is InChI=1S/C26H24F3NO4S/c27-26(28,29)25(32,20-4-2-1-3-5-20)21-10-12-22(13-11-21)30-24(31)16-18-8-14-23(15-9-18)35(33,34)17-19-6-7-19/h1-5,8-15,19,32H,6-7,16-17H2,(H,30,31). The topological polar surface area (TPSA) is 83.5 Å². The van der Waals surface area contributed by atoms with Crippen LogP contribution >= 0.6 is 0 Å². The predicted molar refractivity (Wildman–Crippen MR) is 125 cm³/mol. The van der Waals surface area contributed by atoms with Crippen LogP contribution in [-0.2, 0) is 26.7 Å². The molecule has 0 heterocycles. The van der Waals surface area contributed by atoms with Gasteiger partial charge in [-0.05, 0) is 59.7 Å². The molecule has 3 aromatic carbocycles. The summed E-state index contributed by atoms with van der Waals surface area (Å²) < 4.78 is 66.2. The van der Waals surface area contributed by atoms with Gasteiger partial charge in [-0.2, -0.15) is 13.2 Å². The molecule has 1 saturated carbocycles. The fourth-order valence-corrected chi connectivity index (χ4v) is 5.56. The van der Waals surface area contributed by atoms with Crippen LogP contribution in [-0.4, -0.2) is 31.4 Å². The summed E-state index contributed by atoms with van der Waals surface area (Å²) in [6, 6.07) is 17.7. The van der Waals surface area contributed by atoms with Gasteiger partial charge in [-0.25, -0.2) is 8.42 Å². The molecule has 0 radical (unpaired) electrons. The van der Waals surface area contributed by atoms with E-state index in [9.17, 15) is 31.5 Å². The minimum atomic E-state index is -4.96. The minimum absolute atomic E-state index is 0.0405. The predicted octanol–water partition coefficient (Wildman–Crippen LogP) is 4.85. The van der Waals surface area contributed by atoms with Crippen LogP contribution in [0.2, 0.25) is 0 Å². The molecule has 0 bridgehead atoms. The van der Waals surface area contributed by atoms with Gasteiger partial charge < -0.3 is 10.4 Å². The summed E-state index contributed by atoms with van der Waals surface area (Å²) >= 11 is 0. The number of aliphatic hydroxyl groups is 1. The zero-order valence-electron chi connectivity index (χ0n) is 18.6. The molecular formula is C26H24F3NO4S. The van der Waals surface area contributed by atoms with Crippen molar-refractivity contribution in [1.82, 2.24) is 0 Å². The second-order valence-electron chi connectivity index (χ2n) is 8.75. The molecule has 0 aliphatic heterocycles. The molecule has 35 heavy (non-hydrogen) atoms. The molecule has 1 unspecified atom stereocenters. The Morgan fingerprint density at radius 3 is 2.00 bits per heavy atom. The number of hydrogen-bond acceptors (Lipinski definition) is 4. The first-order chi connectivity index (χ1) is 16.5. The molecule has 1 atom stereocenters. The van der Waals surface area contributed by atoms with E-state index in [1.165, 1.54) is 48.5 Å². The Morgan fingerprint density at radius 1 is 0.886 bits per heavy atom. The van der Waals surface area contributed by atoms with Gasteiger partial charge in [0.15, 0.2) is 9.84 Å². The van der Waals surface area contributed by atoms with E-state index in [4.69, 9.17) is 0 Å². The van der Waals surface area contributed by atoms with Crippen molar-refractivity contribution < 1.29 is 31.5 Å². The smallest absolute Gasteiger partial charge is 0.372 e. The maximum Gasteiger partial charge on any atom is 0.425 e. The van der Waals surface area contributed by atoms with Crippen LogP contribution in [0.15, 0.2) is 83.8 Å². The lowest BCUT2D eigenvalue weighted by Gasteiger charge is -2.31. The van der Waals surface area contributed by atoms with Crippen LogP contribution in [0, 0.1) is 5.92 Å². The Labute approximate surface area is 201 Å². The summed E-state index contributed by atoms with van der Waals surface area (Å²) in [5, 5.41) is 13.2. The number of alkyl halides is 3. The molecule has 1 fully saturated rings. The fourth-order valence-electron chi connectivity index (χ4n) is 3.86. The zero-order valence-corrected chi connectivity index (χ0v) is 19.4. The third kappa shape index (κ3) is 5.57. The third-order valence-corrected chi connectivity index (χ3v) is 7.89. The highest BCUT2D eigenvalue weighted by Gasteiger charge is 2.56. The number of amides is 1. The SMILES string of the molecule is O=C(Cc1ccc(S(=O)(=O)CC2CC2)cc1)Nc1ccc(C(O)(c2ccccc2)C(F)(F)F)cc1. The summed E-state index contributed by atoms with van der Waals surface area (Å²) in [7, 11) is -3.34. The fraction of sp³-hybridized carbons (Fsp3) is 0.269. The molecule has 9 heteroatoms. The molecule has 0 aromatic heterocycles. The summed E-state index contributed by atoms with van der Waals surface area (Å²) in [4.78, 5) is 12.6. The second-order valence-corrected chi connectivity index (χ2v) is 10.8. The summed E-state index contributed by atoms with van der Waals surface area (Å²) in [5.41, 5.74) is -3.03. The lowest BCUT2D eigenvalue weighted by atomic mass is 9.85. The summed E-state index contributed by atoms with van der Waals surface area (Å²) in [6.07, 6.45) is -3.14. The molecule has 2 N–H and O–H groups in total. The number of carbonyl (C=O) groups excluding carboxylic acids is 1. The van der Waals surface area contributed by atoms with Crippen LogP contribution in [0.1, 0.15) is 29.5 Å². The molecule has 5 nitrogen and oxygen atoms in total. The van der Waals surface area contributed by atoms with Crippen molar-refractivity contribution in [3.8, 4) is 0 Å². The van der Waals surface area contributed by atoms with Gasteiger partial charge in [0.1, 0.15) is 0 Å². The first-order valence-corrected chi connectivity index (χ1v) is 12.7. The maximum absolute atomic E-state index is 13.8. The molecule has 0 spiro atoms. The Hall–Kier alpha value is -3.17.